The molecule has 2 aromatic heterocycles. The van der Waals surface area contributed by atoms with Crippen LogP contribution in [0.4, 0.5) is 0 Å². The number of imidazole rings is 1. The van der Waals surface area contributed by atoms with Crippen LogP contribution in [0, 0.1) is 6.92 Å². The van der Waals surface area contributed by atoms with Gasteiger partial charge >= 0.3 is 0 Å². The van der Waals surface area contributed by atoms with Crippen LogP contribution in [0.2, 0.25) is 0 Å². The summed E-state index contributed by atoms with van der Waals surface area (Å²) >= 11 is 0. The van der Waals surface area contributed by atoms with Crippen molar-refractivity contribution in [1.82, 2.24) is 24.4 Å². The van der Waals surface area contributed by atoms with Crippen LogP contribution in [0.5, 0.6) is 0 Å². The Hall–Kier alpha value is -1.75. The standard InChI is InChI=1S/C18H27N5/c1-15-19-8-9-23(15)11-10-22(2)14-16-12-20-18(21-13-16)17-6-4-3-5-7-17/h8-9,12-13,17H,3-7,10-11,14H2,1-2H3. The van der Waals surface area contributed by atoms with Gasteiger partial charge in [-0.05, 0) is 26.8 Å². The van der Waals surface area contributed by atoms with Gasteiger partial charge in [0.25, 0.3) is 0 Å². The van der Waals surface area contributed by atoms with Crippen molar-refractivity contribution in [2.45, 2.75) is 58.0 Å². The monoisotopic (exact) mass is 313 g/mol. The first-order chi connectivity index (χ1) is 11.2. The van der Waals surface area contributed by atoms with E-state index in [2.05, 4.69) is 31.5 Å². The zero-order valence-corrected chi connectivity index (χ0v) is 14.3. The molecule has 0 unspecified atom stereocenters. The summed E-state index contributed by atoms with van der Waals surface area (Å²) in [6.45, 7) is 4.88. The van der Waals surface area contributed by atoms with E-state index in [-0.39, 0.29) is 0 Å². The van der Waals surface area contributed by atoms with E-state index >= 15 is 0 Å². The summed E-state index contributed by atoms with van der Waals surface area (Å²) in [6, 6.07) is 0. The van der Waals surface area contributed by atoms with E-state index in [0.717, 1.165) is 31.3 Å². The first-order valence-corrected chi connectivity index (χ1v) is 8.69. The van der Waals surface area contributed by atoms with E-state index in [1.54, 1.807) is 0 Å². The Morgan fingerprint density at radius 1 is 1.13 bits per heavy atom. The predicted molar refractivity (Wildman–Crippen MR) is 91.2 cm³/mol. The quantitative estimate of drug-likeness (QED) is 0.822. The highest BCUT2D eigenvalue weighted by Gasteiger charge is 2.17. The molecular weight excluding hydrogens is 286 g/mol. The van der Waals surface area contributed by atoms with Crippen LogP contribution in [0.25, 0.3) is 0 Å². The molecule has 5 heteroatoms. The Morgan fingerprint density at radius 3 is 2.52 bits per heavy atom. The number of rotatable bonds is 6. The van der Waals surface area contributed by atoms with E-state index in [9.17, 15) is 0 Å². The molecule has 23 heavy (non-hydrogen) atoms. The van der Waals surface area contributed by atoms with E-state index < -0.39 is 0 Å². The van der Waals surface area contributed by atoms with Gasteiger partial charge in [-0.3, -0.25) is 0 Å². The number of aromatic nitrogens is 4. The number of hydrogen-bond acceptors (Lipinski definition) is 4. The second-order valence-electron chi connectivity index (χ2n) is 6.69. The molecular formula is C18H27N5. The second-order valence-corrected chi connectivity index (χ2v) is 6.69. The predicted octanol–water partition coefficient (Wildman–Crippen LogP) is 3.16. The molecule has 1 aliphatic rings. The molecule has 1 saturated carbocycles. The van der Waals surface area contributed by atoms with Crippen molar-refractivity contribution in [1.29, 1.82) is 0 Å². The number of aryl methyl sites for hydroxylation is 1. The SMILES string of the molecule is Cc1nccn1CCN(C)Cc1cnc(C2CCCCC2)nc1. The Bertz CT molecular complexity index is 598. The highest BCUT2D eigenvalue weighted by molar-refractivity contribution is 5.08. The fourth-order valence-corrected chi connectivity index (χ4v) is 3.33. The molecule has 0 atom stereocenters. The third kappa shape index (κ3) is 4.38. The topological polar surface area (TPSA) is 46.8 Å². The molecule has 0 aromatic carbocycles. The average molecular weight is 313 g/mol. The highest BCUT2D eigenvalue weighted by atomic mass is 15.1. The van der Waals surface area contributed by atoms with Crippen molar-refractivity contribution in [3.05, 3.63) is 42.0 Å². The van der Waals surface area contributed by atoms with Crippen molar-refractivity contribution in [2.24, 2.45) is 0 Å². The fourth-order valence-electron chi connectivity index (χ4n) is 3.33. The molecule has 5 nitrogen and oxygen atoms in total. The summed E-state index contributed by atoms with van der Waals surface area (Å²) in [4.78, 5) is 15.8. The minimum absolute atomic E-state index is 0.583. The third-order valence-corrected chi connectivity index (χ3v) is 4.79. The Morgan fingerprint density at radius 2 is 1.87 bits per heavy atom. The van der Waals surface area contributed by atoms with Crippen LogP contribution in [-0.2, 0) is 13.1 Å². The molecule has 3 rings (SSSR count). The lowest BCUT2D eigenvalue weighted by Gasteiger charge is -2.21. The van der Waals surface area contributed by atoms with Crippen LogP contribution < -0.4 is 0 Å². The number of hydrogen-bond donors (Lipinski definition) is 0. The van der Waals surface area contributed by atoms with Gasteiger partial charge in [0.05, 0.1) is 0 Å². The van der Waals surface area contributed by atoms with E-state index in [0.29, 0.717) is 5.92 Å². The van der Waals surface area contributed by atoms with Crippen molar-refractivity contribution < 1.29 is 0 Å². The Labute approximate surface area is 138 Å². The second kappa shape index (κ2) is 7.68. The maximum Gasteiger partial charge on any atom is 0.131 e. The summed E-state index contributed by atoms with van der Waals surface area (Å²) in [7, 11) is 2.14. The maximum absolute atomic E-state index is 4.63. The fraction of sp³-hybridized carbons (Fsp3) is 0.611. The summed E-state index contributed by atoms with van der Waals surface area (Å²) < 4.78 is 2.18. The van der Waals surface area contributed by atoms with Crippen molar-refractivity contribution in [3.8, 4) is 0 Å². The molecule has 124 valence electrons. The largest absolute Gasteiger partial charge is 0.334 e. The van der Waals surface area contributed by atoms with Gasteiger partial charge in [0.1, 0.15) is 11.6 Å². The van der Waals surface area contributed by atoms with Gasteiger partial charge in [-0.1, -0.05) is 19.3 Å². The average Bonchev–Trinajstić information content (AvgIpc) is 3.00. The van der Waals surface area contributed by atoms with E-state index in [4.69, 9.17) is 0 Å². The minimum atomic E-state index is 0.583. The summed E-state index contributed by atoms with van der Waals surface area (Å²) in [6.07, 6.45) is 14.4. The van der Waals surface area contributed by atoms with Crippen LogP contribution in [-0.4, -0.2) is 38.0 Å². The highest BCUT2D eigenvalue weighted by Crippen LogP contribution is 2.30. The van der Waals surface area contributed by atoms with Gasteiger partial charge in [0.15, 0.2) is 0 Å². The van der Waals surface area contributed by atoms with E-state index in [1.165, 1.54) is 37.7 Å². The van der Waals surface area contributed by atoms with Gasteiger partial charge < -0.3 is 9.47 Å². The number of nitrogens with zero attached hydrogens (tertiary/aromatic N) is 5. The smallest absolute Gasteiger partial charge is 0.131 e. The molecule has 1 fully saturated rings. The molecule has 0 N–H and O–H groups in total. The molecule has 0 aliphatic heterocycles. The summed E-state index contributed by atoms with van der Waals surface area (Å²) in [5.41, 5.74) is 1.19. The van der Waals surface area contributed by atoms with Crippen molar-refractivity contribution >= 4 is 0 Å². The zero-order chi connectivity index (χ0) is 16.1. The zero-order valence-electron chi connectivity index (χ0n) is 14.3. The Kier molecular flexibility index (Phi) is 5.39. The van der Waals surface area contributed by atoms with E-state index in [1.807, 2.05) is 31.7 Å². The van der Waals surface area contributed by atoms with Gasteiger partial charge in [0, 0.05) is 55.9 Å². The van der Waals surface area contributed by atoms with Crippen LogP contribution in [0.1, 0.15) is 55.2 Å². The van der Waals surface area contributed by atoms with Crippen molar-refractivity contribution in [2.75, 3.05) is 13.6 Å². The molecule has 0 amide bonds. The van der Waals surface area contributed by atoms with Crippen LogP contribution in [0.15, 0.2) is 24.8 Å². The van der Waals surface area contributed by atoms with Crippen LogP contribution in [0.3, 0.4) is 0 Å². The lowest BCUT2D eigenvalue weighted by molar-refractivity contribution is 0.309. The van der Waals surface area contributed by atoms with Crippen molar-refractivity contribution in [3.63, 3.8) is 0 Å². The normalized spacial score (nSPS) is 16.1. The summed E-state index contributed by atoms with van der Waals surface area (Å²) in [5, 5.41) is 0. The van der Waals surface area contributed by atoms with Gasteiger partial charge in [-0.2, -0.15) is 0 Å². The first-order valence-electron chi connectivity index (χ1n) is 8.69. The van der Waals surface area contributed by atoms with Gasteiger partial charge in [-0.25, -0.2) is 15.0 Å². The van der Waals surface area contributed by atoms with Gasteiger partial charge in [0.2, 0.25) is 0 Å². The van der Waals surface area contributed by atoms with Gasteiger partial charge in [-0.15, -0.1) is 0 Å². The summed E-state index contributed by atoms with van der Waals surface area (Å²) in [5.74, 6) is 2.70. The number of likely N-dealkylation sites (N-methyl/N-ethyl adjacent to an activating group) is 1. The third-order valence-electron chi connectivity index (χ3n) is 4.79. The minimum Gasteiger partial charge on any atom is -0.334 e. The Balaban J connectivity index is 1.50. The molecule has 0 saturated heterocycles. The molecule has 1 aliphatic carbocycles. The van der Waals surface area contributed by atoms with Crippen LogP contribution >= 0.6 is 0 Å². The molecule has 0 bridgehead atoms. The molecule has 2 heterocycles. The maximum atomic E-state index is 4.63. The molecule has 2 aromatic rings. The first kappa shape index (κ1) is 16.1. The molecule has 0 spiro atoms. The lowest BCUT2D eigenvalue weighted by Crippen LogP contribution is -2.23. The molecule has 0 radical (unpaired) electrons. The lowest BCUT2D eigenvalue weighted by atomic mass is 9.89.